The molecule has 0 spiro atoms. The molecule has 29 heavy (non-hydrogen) atoms. The molecule has 150 valence electrons. The molecule has 0 radical (unpaired) electrons. The minimum atomic E-state index is -0.370. The summed E-state index contributed by atoms with van der Waals surface area (Å²) in [7, 11) is 0. The predicted octanol–water partition coefficient (Wildman–Crippen LogP) is 5.16. The average Bonchev–Trinajstić information content (AvgIpc) is 2.74. The van der Waals surface area contributed by atoms with E-state index in [9.17, 15) is 9.59 Å². The molecule has 1 aromatic heterocycles. The van der Waals surface area contributed by atoms with Gasteiger partial charge in [-0.2, -0.15) is 0 Å². The first-order valence-electron chi connectivity index (χ1n) is 9.46. The van der Waals surface area contributed by atoms with Crippen molar-refractivity contribution in [2.24, 2.45) is 0 Å². The van der Waals surface area contributed by atoms with Gasteiger partial charge < -0.3 is 14.1 Å². The van der Waals surface area contributed by atoms with Crippen molar-refractivity contribution in [1.29, 1.82) is 0 Å². The number of piperidine rings is 1. The Labute approximate surface area is 177 Å². The van der Waals surface area contributed by atoms with Crippen LogP contribution in [0.5, 0.6) is 5.75 Å². The average molecular weight is 432 g/mol. The zero-order valence-corrected chi connectivity index (χ0v) is 17.1. The van der Waals surface area contributed by atoms with E-state index < -0.39 is 0 Å². The molecule has 1 aliphatic heterocycles. The Hall–Kier alpha value is -2.50. The van der Waals surface area contributed by atoms with Crippen LogP contribution >= 0.6 is 23.2 Å². The van der Waals surface area contributed by atoms with Gasteiger partial charge in [-0.1, -0.05) is 23.2 Å². The Kier molecular flexibility index (Phi) is 5.79. The normalized spacial score (nSPS) is 14.2. The van der Waals surface area contributed by atoms with E-state index in [1.165, 1.54) is 6.07 Å². The quantitative estimate of drug-likeness (QED) is 0.572. The fraction of sp³-hybridized carbons (Fsp3) is 0.273. The van der Waals surface area contributed by atoms with Gasteiger partial charge in [0.15, 0.2) is 12.4 Å². The largest absolute Gasteiger partial charge is 0.476 e. The molecule has 5 nitrogen and oxygen atoms in total. The van der Waals surface area contributed by atoms with Crippen molar-refractivity contribution in [2.45, 2.75) is 19.3 Å². The van der Waals surface area contributed by atoms with Crippen LogP contribution < -0.4 is 10.2 Å². The number of fused-ring (bicyclic) bond motifs is 1. The summed E-state index contributed by atoms with van der Waals surface area (Å²) in [6, 6.07) is 11.7. The van der Waals surface area contributed by atoms with Gasteiger partial charge in [-0.25, -0.2) is 0 Å². The first-order chi connectivity index (χ1) is 14.0. The lowest BCUT2D eigenvalue weighted by Gasteiger charge is -2.26. The van der Waals surface area contributed by atoms with Gasteiger partial charge in [0.05, 0.1) is 5.39 Å². The molecular weight excluding hydrogens is 413 g/mol. The van der Waals surface area contributed by atoms with Crippen molar-refractivity contribution in [3.05, 3.63) is 62.7 Å². The number of rotatable bonds is 4. The second kappa shape index (κ2) is 8.47. The van der Waals surface area contributed by atoms with Crippen molar-refractivity contribution in [3.63, 3.8) is 0 Å². The Balaban J connectivity index is 1.74. The van der Waals surface area contributed by atoms with Crippen molar-refractivity contribution in [1.82, 2.24) is 4.90 Å². The Morgan fingerprint density at radius 3 is 2.41 bits per heavy atom. The minimum Gasteiger partial charge on any atom is -0.476 e. The van der Waals surface area contributed by atoms with Crippen LogP contribution in [0.1, 0.15) is 19.3 Å². The van der Waals surface area contributed by atoms with Crippen molar-refractivity contribution >= 4 is 40.1 Å². The van der Waals surface area contributed by atoms with E-state index in [0.29, 0.717) is 39.7 Å². The number of ether oxygens (including phenoxy) is 1. The van der Waals surface area contributed by atoms with Crippen LogP contribution in [0, 0.1) is 0 Å². The van der Waals surface area contributed by atoms with Crippen LogP contribution in [0.3, 0.4) is 0 Å². The lowest BCUT2D eigenvalue weighted by molar-refractivity contribution is -0.134. The number of amides is 1. The highest BCUT2D eigenvalue weighted by molar-refractivity contribution is 6.31. The van der Waals surface area contributed by atoms with Crippen LogP contribution in [0.4, 0.5) is 0 Å². The van der Waals surface area contributed by atoms with E-state index in [1.54, 1.807) is 41.3 Å². The minimum absolute atomic E-state index is 0.00699. The highest BCUT2D eigenvalue weighted by Crippen LogP contribution is 2.32. The molecule has 0 saturated carbocycles. The number of likely N-dealkylation sites (tertiary alicyclic amines) is 1. The molecule has 0 atom stereocenters. The first-order valence-corrected chi connectivity index (χ1v) is 10.2. The lowest BCUT2D eigenvalue weighted by atomic mass is 10.1. The zero-order valence-electron chi connectivity index (χ0n) is 15.6. The lowest BCUT2D eigenvalue weighted by Crippen LogP contribution is -2.39. The number of hydrogen-bond donors (Lipinski definition) is 0. The van der Waals surface area contributed by atoms with E-state index >= 15 is 0 Å². The number of carbonyl (C=O) groups is 1. The van der Waals surface area contributed by atoms with Gasteiger partial charge in [-0.05, 0) is 61.7 Å². The highest BCUT2D eigenvalue weighted by atomic mass is 35.5. The van der Waals surface area contributed by atoms with Gasteiger partial charge in [0, 0.05) is 28.7 Å². The van der Waals surface area contributed by atoms with Crippen LogP contribution in [-0.2, 0) is 4.79 Å². The summed E-state index contributed by atoms with van der Waals surface area (Å²) >= 11 is 12.0. The van der Waals surface area contributed by atoms with Crippen LogP contribution in [0.2, 0.25) is 10.0 Å². The summed E-state index contributed by atoms with van der Waals surface area (Å²) in [4.78, 5) is 27.4. The fourth-order valence-corrected chi connectivity index (χ4v) is 3.74. The predicted molar refractivity (Wildman–Crippen MR) is 114 cm³/mol. The number of hydrogen-bond acceptors (Lipinski definition) is 4. The monoisotopic (exact) mass is 431 g/mol. The Morgan fingerprint density at radius 2 is 1.69 bits per heavy atom. The second-order valence-electron chi connectivity index (χ2n) is 6.97. The first kappa shape index (κ1) is 19.8. The summed E-state index contributed by atoms with van der Waals surface area (Å²) in [5.74, 6) is 0.109. The van der Waals surface area contributed by atoms with Crippen LogP contribution in [-0.4, -0.2) is 30.5 Å². The molecule has 0 unspecified atom stereocenters. The number of benzene rings is 2. The summed E-state index contributed by atoms with van der Waals surface area (Å²) in [5, 5.41) is 1.28. The number of carbonyl (C=O) groups excluding carboxylic acids is 1. The molecular formula is C22H19Cl2NO4. The summed E-state index contributed by atoms with van der Waals surface area (Å²) in [6.45, 7) is 1.21. The van der Waals surface area contributed by atoms with Gasteiger partial charge in [-0.3, -0.25) is 9.59 Å². The molecule has 3 aromatic rings. The van der Waals surface area contributed by atoms with Gasteiger partial charge >= 0.3 is 0 Å². The standard InChI is InChI=1S/C22H19Cl2NO4/c23-15-6-4-14(5-7-15)21-22(28-13-19(26)25-10-2-1-3-11-25)20(27)17-12-16(24)8-9-18(17)29-21/h4-9,12H,1-3,10-11,13H2. The maximum atomic E-state index is 13.1. The molecule has 2 heterocycles. The third-order valence-corrected chi connectivity index (χ3v) is 5.45. The molecule has 0 aliphatic carbocycles. The zero-order chi connectivity index (χ0) is 20.4. The summed E-state index contributed by atoms with van der Waals surface area (Å²) in [5.41, 5.74) is 0.646. The van der Waals surface area contributed by atoms with Gasteiger partial charge in [0.1, 0.15) is 5.58 Å². The molecule has 4 rings (SSSR count). The van der Waals surface area contributed by atoms with E-state index in [1.807, 2.05) is 0 Å². The van der Waals surface area contributed by atoms with Crippen molar-refractivity contribution < 1.29 is 13.9 Å². The van der Waals surface area contributed by atoms with E-state index in [2.05, 4.69) is 0 Å². The smallest absolute Gasteiger partial charge is 0.260 e. The van der Waals surface area contributed by atoms with Gasteiger partial charge in [0.25, 0.3) is 5.91 Å². The van der Waals surface area contributed by atoms with Crippen molar-refractivity contribution in [3.8, 4) is 17.1 Å². The van der Waals surface area contributed by atoms with E-state index in [-0.39, 0.29) is 29.5 Å². The number of nitrogens with zero attached hydrogens (tertiary/aromatic N) is 1. The van der Waals surface area contributed by atoms with Gasteiger partial charge in [-0.15, -0.1) is 0 Å². The topological polar surface area (TPSA) is 59.8 Å². The molecule has 1 amide bonds. The molecule has 0 N–H and O–H groups in total. The van der Waals surface area contributed by atoms with E-state index in [4.69, 9.17) is 32.4 Å². The summed E-state index contributed by atoms with van der Waals surface area (Å²) < 4.78 is 11.7. The molecule has 7 heteroatoms. The molecule has 1 aliphatic rings. The molecule has 2 aromatic carbocycles. The number of halogens is 2. The molecule has 0 bridgehead atoms. The van der Waals surface area contributed by atoms with E-state index in [0.717, 1.165) is 19.3 Å². The fourth-order valence-electron chi connectivity index (χ4n) is 3.44. The Morgan fingerprint density at radius 1 is 1.00 bits per heavy atom. The molecule has 1 saturated heterocycles. The second-order valence-corrected chi connectivity index (χ2v) is 7.84. The van der Waals surface area contributed by atoms with Gasteiger partial charge in [0.2, 0.25) is 11.2 Å². The third kappa shape index (κ3) is 4.26. The maximum absolute atomic E-state index is 13.1. The van der Waals surface area contributed by atoms with Crippen molar-refractivity contribution in [2.75, 3.05) is 19.7 Å². The Bertz CT molecular complexity index is 1100. The highest BCUT2D eigenvalue weighted by Gasteiger charge is 2.22. The third-order valence-electron chi connectivity index (χ3n) is 4.97. The molecule has 1 fully saturated rings. The maximum Gasteiger partial charge on any atom is 0.260 e. The SMILES string of the molecule is O=C(COc1c(-c2ccc(Cl)cc2)oc2ccc(Cl)cc2c1=O)N1CCCCC1. The summed E-state index contributed by atoms with van der Waals surface area (Å²) in [6.07, 6.45) is 3.09. The van der Waals surface area contributed by atoms with Crippen LogP contribution in [0.15, 0.2) is 51.7 Å². The van der Waals surface area contributed by atoms with Crippen LogP contribution in [0.25, 0.3) is 22.3 Å².